The molecule has 20 heavy (non-hydrogen) atoms. The molecule has 1 aromatic heterocycles. The van der Waals surface area contributed by atoms with Gasteiger partial charge in [-0.2, -0.15) is 5.10 Å². The zero-order valence-corrected chi connectivity index (χ0v) is 12.1. The molecule has 5 heteroatoms. The predicted octanol–water partition coefficient (Wildman–Crippen LogP) is 2.85. The highest BCUT2D eigenvalue weighted by atomic mass is 16.2. The van der Waals surface area contributed by atoms with Crippen molar-refractivity contribution >= 4 is 11.7 Å². The molecule has 0 bridgehead atoms. The van der Waals surface area contributed by atoms with Crippen LogP contribution in [0.5, 0.6) is 0 Å². The molecule has 2 saturated carbocycles. The number of likely N-dealkylation sites (tertiary alicyclic amines) is 1. The van der Waals surface area contributed by atoms with Gasteiger partial charge in [-0.1, -0.05) is 0 Å². The van der Waals surface area contributed by atoms with Crippen LogP contribution in [-0.2, 0) is 7.05 Å². The number of hydrogen-bond acceptors (Lipinski definition) is 2. The number of hydrogen-bond donors (Lipinski definition) is 1. The van der Waals surface area contributed by atoms with Crippen molar-refractivity contribution in [2.45, 2.75) is 56.4 Å². The molecule has 1 aromatic rings. The van der Waals surface area contributed by atoms with Gasteiger partial charge in [0.2, 0.25) is 0 Å². The maximum absolute atomic E-state index is 12.6. The molecule has 5 nitrogen and oxygen atoms in total. The third kappa shape index (κ3) is 1.83. The second kappa shape index (κ2) is 4.24. The molecule has 2 heterocycles. The Kier molecular flexibility index (Phi) is 2.59. The SMILES string of the molecule is Cn1cc(NC(=O)N2CCCC23CCC3)c(C2CC2)n1. The van der Waals surface area contributed by atoms with Crippen LogP contribution in [0.25, 0.3) is 0 Å². The number of anilines is 1. The smallest absolute Gasteiger partial charge is 0.319 e. The average molecular weight is 274 g/mol. The van der Waals surface area contributed by atoms with Crippen LogP contribution in [0.1, 0.15) is 56.6 Å². The van der Waals surface area contributed by atoms with Crippen LogP contribution < -0.4 is 5.32 Å². The lowest BCUT2D eigenvalue weighted by molar-refractivity contribution is 0.0881. The van der Waals surface area contributed by atoms with Crippen LogP contribution in [0.2, 0.25) is 0 Å². The summed E-state index contributed by atoms with van der Waals surface area (Å²) in [5.74, 6) is 0.558. The molecule has 108 valence electrons. The summed E-state index contributed by atoms with van der Waals surface area (Å²) in [5.41, 5.74) is 2.18. The second-order valence-electron chi connectivity index (χ2n) is 6.64. The van der Waals surface area contributed by atoms with E-state index in [0.29, 0.717) is 5.92 Å². The van der Waals surface area contributed by atoms with Crippen molar-refractivity contribution in [2.75, 3.05) is 11.9 Å². The molecule has 1 spiro atoms. The van der Waals surface area contributed by atoms with E-state index in [9.17, 15) is 4.79 Å². The highest BCUT2D eigenvalue weighted by Gasteiger charge is 2.48. The average Bonchev–Trinajstić information content (AvgIpc) is 2.98. The van der Waals surface area contributed by atoms with Crippen LogP contribution >= 0.6 is 0 Å². The minimum absolute atomic E-state index is 0.0806. The Hall–Kier alpha value is -1.52. The molecule has 1 N–H and O–H groups in total. The van der Waals surface area contributed by atoms with Gasteiger partial charge in [0.1, 0.15) is 0 Å². The quantitative estimate of drug-likeness (QED) is 0.901. The van der Waals surface area contributed by atoms with E-state index < -0.39 is 0 Å². The van der Waals surface area contributed by atoms with Crippen molar-refractivity contribution in [1.29, 1.82) is 0 Å². The van der Waals surface area contributed by atoms with Crippen LogP contribution in [0.3, 0.4) is 0 Å². The van der Waals surface area contributed by atoms with Gasteiger partial charge in [0, 0.05) is 31.2 Å². The summed E-state index contributed by atoms with van der Waals surface area (Å²) in [4.78, 5) is 14.7. The van der Waals surface area contributed by atoms with Crippen LogP contribution in [-0.4, -0.2) is 32.8 Å². The van der Waals surface area contributed by atoms with Crippen LogP contribution in [0.15, 0.2) is 6.20 Å². The minimum atomic E-state index is 0.0806. The summed E-state index contributed by atoms with van der Waals surface area (Å²) in [6, 6.07) is 0.0806. The van der Waals surface area contributed by atoms with Gasteiger partial charge >= 0.3 is 6.03 Å². The van der Waals surface area contributed by atoms with Crippen molar-refractivity contribution in [3.8, 4) is 0 Å². The fourth-order valence-corrected chi connectivity index (χ4v) is 3.80. The predicted molar refractivity (Wildman–Crippen MR) is 76.7 cm³/mol. The number of nitrogens with one attached hydrogen (secondary N) is 1. The molecule has 0 unspecified atom stereocenters. The first kappa shape index (κ1) is 12.2. The molecule has 0 atom stereocenters. The Labute approximate surface area is 119 Å². The van der Waals surface area contributed by atoms with Gasteiger partial charge in [0.15, 0.2) is 0 Å². The van der Waals surface area contributed by atoms with E-state index in [2.05, 4.69) is 15.3 Å². The first-order valence-electron chi connectivity index (χ1n) is 7.80. The molecule has 4 rings (SSSR count). The van der Waals surface area contributed by atoms with Crippen molar-refractivity contribution < 1.29 is 4.79 Å². The minimum Gasteiger partial charge on any atom is -0.319 e. The standard InChI is InChI=1S/C15H22N4O/c1-18-10-12(13(17-18)11-4-5-11)16-14(20)19-9-3-8-15(19)6-2-7-15/h10-11H,2-9H2,1H3,(H,16,20). The summed E-state index contributed by atoms with van der Waals surface area (Å²) < 4.78 is 1.81. The molecule has 3 fully saturated rings. The zero-order chi connectivity index (χ0) is 13.7. The molecule has 1 saturated heterocycles. The van der Waals surface area contributed by atoms with Gasteiger partial charge in [-0.3, -0.25) is 4.68 Å². The molecule has 0 aromatic carbocycles. The van der Waals surface area contributed by atoms with Gasteiger partial charge in [0.25, 0.3) is 0 Å². The van der Waals surface area contributed by atoms with Crippen LogP contribution in [0, 0.1) is 0 Å². The number of urea groups is 1. The molecule has 3 aliphatic rings. The Morgan fingerprint density at radius 3 is 2.75 bits per heavy atom. The lowest BCUT2D eigenvalue weighted by Gasteiger charge is -2.45. The van der Waals surface area contributed by atoms with E-state index >= 15 is 0 Å². The Morgan fingerprint density at radius 2 is 2.10 bits per heavy atom. The maximum Gasteiger partial charge on any atom is 0.322 e. The van der Waals surface area contributed by atoms with E-state index in [0.717, 1.165) is 24.3 Å². The summed E-state index contributed by atoms with van der Waals surface area (Å²) in [5, 5.41) is 7.63. The summed E-state index contributed by atoms with van der Waals surface area (Å²) >= 11 is 0. The number of nitrogens with zero attached hydrogens (tertiary/aromatic N) is 3. The maximum atomic E-state index is 12.6. The molecular weight excluding hydrogens is 252 g/mol. The van der Waals surface area contributed by atoms with Gasteiger partial charge in [-0.25, -0.2) is 4.79 Å². The summed E-state index contributed by atoms with van der Waals surface area (Å²) in [7, 11) is 1.92. The van der Waals surface area contributed by atoms with Crippen LogP contribution in [0.4, 0.5) is 10.5 Å². The van der Waals surface area contributed by atoms with E-state index in [-0.39, 0.29) is 11.6 Å². The first-order chi connectivity index (χ1) is 9.68. The Morgan fingerprint density at radius 1 is 1.35 bits per heavy atom. The molecule has 2 aliphatic carbocycles. The Balaban J connectivity index is 1.52. The van der Waals surface area contributed by atoms with E-state index in [1.54, 1.807) is 0 Å². The molecule has 1 aliphatic heterocycles. The summed E-state index contributed by atoms with van der Waals surface area (Å²) in [6.45, 7) is 0.908. The highest BCUT2D eigenvalue weighted by Crippen LogP contribution is 2.46. The fraction of sp³-hybridized carbons (Fsp3) is 0.733. The molecular formula is C15H22N4O. The Bertz CT molecular complexity index is 542. The topological polar surface area (TPSA) is 50.2 Å². The molecule has 2 amide bonds. The summed E-state index contributed by atoms with van der Waals surface area (Å²) in [6.07, 6.45) is 10.3. The van der Waals surface area contributed by atoms with E-state index in [1.807, 2.05) is 17.9 Å². The fourth-order valence-electron chi connectivity index (χ4n) is 3.80. The van der Waals surface area contributed by atoms with E-state index in [1.165, 1.54) is 38.5 Å². The highest BCUT2D eigenvalue weighted by molar-refractivity contribution is 5.90. The van der Waals surface area contributed by atoms with Crippen molar-refractivity contribution in [1.82, 2.24) is 14.7 Å². The van der Waals surface area contributed by atoms with E-state index in [4.69, 9.17) is 0 Å². The monoisotopic (exact) mass is 274 g/mol. The lowest BCUT2D eigenvalue weighted by Crippen LogP contribution is -2.53. The third-order valence-electron chi connectivity index (χ3n) is 5.19. The van der Waals surface area contributed by atoms with Gasteiger partial charge in [-0.05, 0) is 44.9 Å². The largest absolute Gasteiger partial charge is 0.322 e. The van der Waals surface area contributed by atoms with Crippen molar-refractivity contribution in [2.24, 2.45) is 7.05 Å². The number of carbonyl (C=O) groups excluding carboxylic acids is 1. The number of rotatable bonds is 2. The van der Waals surface area contributed by atoms with Gasteiger partial charge in [-0.15, -0.1) is 0 Å². The normalized spacial score (nSPS) is 23.9. The number of amides is 2. The lowest BCUT2D eigenvalue weighted by atomic mass is 9.75. The van der Waals surface area contributed by atoms with Gasteiger partial charge < -0.3 is 10.2 Å². The number of aromatic nitrogens is 2. The second-order valence-corrected chi connectivity index (χ2v) is 6.64. The number of carbonyl (C=O) groups is 1. The molecule has 0 radical (unpaired) electrons. The third-order valence-corrected chi connectivity index (χ3v) is 5.19. The number of aryl methyl sites for hydroxylation is 1. The first-order valence-corrected chi connectivity index (χ1v) is 7.80. The van der Waals surface area contributed by atoms with Crippen molar-refractivity contribution in [3.63, 3.8) is 0 Å². The van der Waals surface area contributed by atoms with Crippen molar-refractivity contribution in [3.05, 3.63) is 11.9 Å². The zero-order valence-electron chi connectivity index (χ0n) is 12.1. The van der Waals surface area contributed by atoms with Gasteiger partial charge in [0.05, 0.1) is 11.4 Å².